The molecule has 0 fully saturated rings. The molecule has 5 heteroatoms. The monoisotopic (exact) mass is 288 g/mol. The lowest BCUT2D eigenvalue weighted by Crippen LogP contribution is -2.32. The number of H-pyrrole nitrogens is 1. The highest BCUT2D eigenvalue weighted by Gasteiger charge is 2.21. The Hall–Kier alpha value is -1.64. The van der Waals surface area contributed by atoms with Crippen molar-refractivity contribution < 1.29 is 0 Å². The van der Waals surface area contributed by atoms with Gasteiger partial charge in [0, 0.05) is 13.1 Å². The summed E-state index contributed by atoms with van der Waals surface area (Å²) in [4.78, 5) is 5.34. The summed E-state index contributed by atoms with van der Waals surface area (Å²) < 4.78 is 2.77. The lowest BCUT2D eigenvalue weighted by atomic mass is 9.93. The summed E-state index contributed by atoms with van der Waals surface area (Å²) in [6, 6.07) is 7.92. The van der Waals surface area contributed by atoms with Crippen LogP contribution in [0.5, 0.6) is 0 Å². The lowest BCUT2D eigenvalue weighted by Gasteiger charge is -2.28. The first-order chi connectivity index (χ1) is 9.34. The predicted octanol–water partition coefficient (Wildman–Crippen LogP) is 3.16. The van der Waals surface area contributed by atoms with Crippen LogP contribution in [0.1, 0.15) is 19.4 Å². The Labute approximate surface area is 124 Å². The number of imidazole rings is 1. The van der Waals surface area contributed by atoms with Crippen LogP contribution in [-0.4, -0.2) is 35.1 Å². The van der Waals surface area contributed by atoms with Gasteiger partial charge in [-0.2, -0.15) is 5.26 Å². The molecule has 1 aromatic carbocycles. The molecule has 0 saturated heterocycles. The number of aromatic nitrogens is 2. The van der Waals surface area contributed by atoms with E-state index in [0.29, 0.717) is 10.3 Å². The van der Waals surface area contributed by atoms with Gasteiger partial charge in [-0.15, -0.1) is 0 Å². The molecule has 2 rings (SSSR count). The second-order valence-electron chi connectivity index (χ2n) is 6.23. The van der Waals surface area contributed by atoms with E-state index in [0.717, 1.165) is 24.1 Å². The zero-order valence-electron chi connectivity index (χ0n) is 12.4. The number of nitrogens with zero attached hydrogens (tertiary/aromatic N) is 3. The standard InChI is InChI=1S/C15H20N4S/c1-15(2,9-18(3)4)10-19-12-7-5-6-11(8-16)13(12)17-14(19)20/h5-7H,9-10H2,1-4H3,(H,17,20). The number of nitrogens with one attached hydrogen (secondary N) is 1. The molecule has 0 atom stereocenters. The number of hydrogen-bond acceptors (Lipinski definition) is 3. The average Bonchev–Trinajstić information content (AvgIpc) is 2.64. The van der Waals surface area contributed by atoms with Crippen molar-refractivity contribution in [1.82, 2.24) is 14.5 Å². The Balaban J connectivity index is 2.49. The van der Waals surface area contributed by atoms with Gasteiger partial charge in [0.15, 0.2) is 4.77 Å². The number of benzene rings is 1. The van der Waals surface area contributed by atoms with Gasteiger partial charge in [0.2, 0.25) is 0 Å². The van der Waals surface area contributed by atoms with Crippen molar-refractivity contribution in [3.8, 4) is 6.07 Å². The van der Waals surface area contributed by atoms with Gasteiger partial charge >= 0.3 is 0 Å². The molecule has 0 aliphatic heterocycles. The zero-order valence-corrected chi connectivity index (χ0v) is 13.2. The minimum absolute atomic E-state index is 0.0967. The van der Waals surface area contributed by atoms with Crippen molar-refractivity contribution in [3.63, 3.8) is 0 Å². The SMILES string of the molecule is CN(C)CC(C)(C)Cn1c(=S)[nH]c2c(C#N)cccc21. The van der Waals surface area contributed by atoms with E-state index in [1.807, 2.05) is 18.2 Å². The largest absolute Gasteiger partial charge is 0.329 e. The number of rotatable bonds is 4. The van der Waals surface area contributed by atoms with E-state index in [4.69, 9.17) is 17.5 Å². The highest BCUT2D eigenvalue weighted by Crippen LogP contribution is 2.24. The first-order valence-electron chi connectivity index (χ1n) is 6.60. The maximum absolute atomic E-state index is 9.17. The summed E-state index contributed by atoms with van der Waals surface area (Å²) in [5, 5.41) is 9.17. The van der Waals surface area contributed by atoms with E-state index in [1.54, 1.807) is 0 Å². The van der Waals surface area contributed by atoms with Gasteiger partial charge < -0.3 is 14.5 Å². The number of fused-ring (bicyclic) bond motifs is 1. The molecule has 2 aromatic rings. The van der Waals surface area contributed by atoms with Crippen molar-refractivity contribution in [1.29, 1.82) is 5.26 Å². The quantitative estimate of drug-likeness (QED) is 0.879. The van der Waals surface area contributed by atoms with E-state index < -0.39 is 0 Å². The van der Waals surface area contributed by atoms with Crippen molar-refractivity contribution in [2.75, 3.05) is 20.6 Å². The number of aromatic amines is 1. The Morgan fingerprint density at radius 1 is 1.40 bits per heavy atom. The van der Waals surface area contributed by atoms with Gasteiger partial charge in [0.25, 0.3) is 0 Å². The molecule has 0 aliphatic carbocycles. The fraction of sp³-hybridized carbons (Fsp3) is 0.467. The minimum atomic E-state index is 0.0967. The fourth-order valence-corrected chi connectivity index (χ4v) is 3.03. The van der Waals surface area contributed by atoms with Crippen molar-refractivity contribution in [2.24, 2.45) is 5.41 Å². The van der Waals surface area contributed by atoms with Crippen LogP contribution in [0.3, 0.4) is 0 Å². The van der Waals surface area contributed by atoms with Gasteiger partial charge in [-0.25, -0.2) is 0 Å². The molecule has 1 heterocycles. The number of para-hydroxylation sites is 1. The molecule has 0 radical (unpaired) electrons. The molecule has 1 N–H and O–H groups in total. The number of nitriles is 1. The Bertz CT molecular complexity index is 716. The van der Waals surface area contributed by atoms with Gasteiger partial charge in [0.1, 0.15) is 6.07 Å². The molecule has 1 aromatic heterocycles. The molecular weight excluding hydrogens is 268 g/mol. The van der Waals surface area contributed by atoms with Crippen LogP contribution in [0.25, 0.3) is 11.0 Å². The second-order valence-corrected chi connectivity index (χ2v) is 6.62. The molecule has 106 valence electrons. The molecule has 0 amide bonds. The van der Waals surface area contributed by atoms with E-state index in [1.165, 1.54) is 0 Å². The molecule has 4 nitrogen and oxygen atoms in total. The first-order valence-corrected chi connectivity index (χ1v) is 7.01. The van der Waals surface area contributed by atoms with Gasteiger partial charge in [-0.05, 0) is 43.9 Å². The summed E-state index contributed by atoms with van der Waals surface area (Å²) >= 11 is 5.43. The summed E-state index contributed by atoms with van der Waals surface area (Å²) in [7, 11) is 4.15. The van der Waals surface area contributed by atoms with E-state index in [9.17, 15) is 0 Å². The summed E-state index contributed by atoms with van der Waals surface area (Å²) in [6.07, 6.45) is 0. The highest BCUT2D eigenvalue weighted by atomic mass is 32.1. The fourth-order valence-electron chi connectivity index (χ4n) is 2.76. The smallest absolute Gasteiger partial charge is 0.178 e. The first kappa shape index (κ1) is 14.8. The van der Waals surface area contributed by atoms with Crippen LogP contribution in [0.15, 0.2) is 18.2 Å². The van der Waals surface area contributed by atoms with Crippen LogP contribution in [0.2, 0.25) is 0 Å². The van der Waals surface area contributed by atoms with E-state index in [2.05, 4.69) is 48.5 Å². The lowest BCUT2D eigenvalue weighted by molar-refractivity contribution is 0.212. The normalized spacial score (nSPS) is 12.0. The third-order valence-electron chi connectivity index (χ3n) is 3.26. The van der Waals surface area contributed by atoms with Crippen LogP contribution in [0, 0.1) is 21.5 Å². The van der Waals surface area contributed by atoms with Gasteiger partial charge in [-0.1, -0.05) is 19.9 Å². The molecule has 20 heavy (non-hydrogen) atoms. The van der Waals surface area contributed by atoms with Crippen molar-refractivity contribution in [2.45, 2.75) is 20.4 Å². The summed E-state index contributed by atoms with van der Waals surface area (Å²) in [6.45, 7) is 6.24. The molecule has 0 unspecified atom stereocenters. The summed E-state index contributed by atoms with van der Waals surface area (Å²) in [5.41, 5.74) is 2.57. The maximum Gasteiger partial charge on any atom is 0.178 e. The number of hydrogen-bond donors (Lipinski definition) is 1. The molecule has 0 saturated carbocycles. The molecule has 0 bridgehead atoms. The Morgan fingerprint density at radius 2 is 2.10 bits per heavy atom. The van der Waals surface area contributed by atoms with Crippen LogP contribution in [-0.2, 0) is 6.54 Å². The van der Waals surface area contributed by atoms with E-state index >= 15 is 0 Å². The average molecular weight is 288 g/mol. The third kappa shape index (κ3) is 2.92. The van der Waals surface area contributed by atoms with Crippen LogP contribution >= 0.6 is 12.2 Å². The molecular formula is C15H20N4S. The topological polar surface area (TPSA) is 47.8 Å². The van der Waals surface area contributed by atoms with Crippen molar-refractivity contribution >= 4 is 23.3 Å². The molecule has 0 spiro atoms. The highest BCUT2D eigenvalue weighted by molar-refractivity contribution is 7.71. The Morgan fingerprint density at radius 3 is 2.70 bits per heavy atom. The minimum Gasteiger partial charge on any atom is -0.329 e. The second kappa shape index (κ2) is 5.39. The zero-order chi connectivity index (χ0) is 14.9. The maximum atomic E-state index is 9.17. The van der Waals surface area contributed by atoms with Gasteiger partial charge in [0.05, 0.1) is 16.6 Å². The molecule has 0 aliphatic rings. The predicted molar refractivity (Wildman–Crippen MR) is 84.2 cm³/mol. The van der Waals surface area contributed by atoms with Crippen molar-refractivity contribution in [3.05, 3.63) is 28.5 Å². The third-order valence-corrected chi connectivity index (χ3v) is 3.58. The summed E-state index contributed by atoms with van der Waals surface area (Å²) in [5.74, 6) is 0. The van der Waals surface area contributed by atoms with Gasteiger partial charge in [-0.3, -0.25) is 0 Å². The van der Waals surface area contributed by atoms with E-state index in [-0.39, 0.29) is 5.41 Å². The van der Waals surface area contributed by atoms with Crippen LogP contribution < -0.4 is 0 Å². The Kier molecular flexibility index (Phi) is 3.98. The van der Waals surface area contributed by atoms with Crippen LogP contribution in [0.4, 0.5) is 0 Å².